The first kappa shape index (κ1) is 14.0. The van der Waals surface area contributed by atoms with Crippen LogP contribution in [-0.2, 0) is 6.18 Å². The third-order valence-electron chi connectivity index (χ3n) is 3.27. The molecular formula is C12H17F3N4. The third kappa shape index (κ3) is 3.79. The lowest BCUT2D eigenvalue weighted by Gasteiger charge is -2.23. The summed E-state index contributed by atoms with van der Waals surface area (Å²) in [5.74, 6) is 0.0286. The van der Waals surface area contributed by atoms with Gasteiger partial charge in [-0.05, 0) is 38.9 Å². The molecule has 1 aliphatic heterocycles. The molecule has 0 saturated carbocycles. The van der Waals surface area contributed by atoms with Crippen LogP contribution in [0.25, 0.3) is 0 Å². The van der Waals surface area contributed by atoms with Crippen LogP contribution in [0, 0.1) is 0 Å². The first-order valence-corrected chi connectivity index (χ1v) is 6.35. The van der Waals surface area contributed by atoms with Gasteiger partial charge in [-0.25, -0.2) is 9.97 Å². The van der Waals surface area contributed by atoms with Crippen LogP contribution >= 0.6 is 0 Å². The van der Waals surface area contributed by atoms with E-state index in [-0.39, 0.29) is 12.0 Å². The molecule has 0 amide bonds. The van der Waals surface area contributed by atoms with Crippen LogP contribution in [0.2, 0.25) is 0 Å². The van der Waals surface area contributed by atoms with E-state index < -0.39 is 11.9 Å². The van der Waals surface area contributed by atoms with Crippen molar-refractivity contribution in [2.75, 3.05) is 25.0 Å². The van der Waals surface area contributed by atoms with Crippen LogP contribution in [0.15, 0.2) is 12.3 Å². The van der Waals surface area contributed by atoms with Crippen molar-refractivity contribution in [2.45, 2.75) is 32.0 Å². The van der Waals surface area contributed by atoms with E-state index in [4.69, 9.17) is 0 Å². The van der Waals surface area contributed by atoms with Crippen molar-refractivity contribution >= 4 is 5.95 Å². The van der Waals surface area contributed by atoms with Gasteiger partial charge in [-0.3, -0.25) is 4.90 Å². The summed E-state index contributed by atoms with van der Waals surface area (Å²) in [7, 11) is 0. The van der Waals surface area contributed by atoms with E-state index in [1.54, 1.807) is 0 Å². The predicted molar refractivity (Wildman–Crippen MR) is 65.8 cm³/mol. The van der Waals surface area contributed by atoms with Gasteiger partial charge >= 0.3 is 6.18 Å². The Labute approximate surface area is 110 Å². The minimum Gasteiger partial charge on any atom is -0.353 e. The van der Waals surface area contributed by atoms with E-state index in [1.807, 2.05) is 6.92 Å². The second kappa shape index (κ2) is 5.73. The fourth-order valence-electron chi connectivity index (χ4n) is 2.15. The van der Waals surface area contributed by atoms with Gasteiger partial charge in [-0.15, -0.1) is 0 Å². The predicted octanol–water partition coefficient (Wildman–Crippen LogP) is 2.39. The zero-order valence-electron chi connectivity index (χ0n) is 10.7. The largest absolute Gasteiger partial charge is 0.433 e. The van der Waals surface area contributed by atoms with Crippen LogP contribution in [0.3, 0.4) is 0 Å². The molecule has 2 heterocycles. The Hall–Kier alpha value is -1.37. The van der Waals surface area contributed by atoms with E-state index in [2.05, 4.69) is 20.2 Å². The average molecular weight is 274 g/mol. The van der Waals surface area contributed by atoms with Crippen molar-refractivity contribution in [3.63, 3.8) is 0 Å². The second-order valence-electron chi connectivity index (χ2n) is 4.74. The molecule has 1 aliphatic rings. The van der Waals surface area contributed by atoms with Gasteiger partial charge in [-0.1, -0.05) is 0 Å². The van der Waals surface area contributed by atoms with E-state index in [9.17, 15) is 13.2 Å². The van der Waals surface area contributed by atoms with Crippen molar-refractivity contribution < 1.29 is 13.2 Å². The van der Waals surface area contributed by atoms with Gasteiger partial charge in [0.15, 0.2) is 0 Å². The molecular weight excluding hydrogens is 257 g/mol. The highest BCUT2D eigenvalue weighted by Gasteiger charge is 2.32. The lowest BCUT2D eigenvalue weighted by molar-refractivity contribution is -0.141. The van der Waals surface area contributed by atoms with Gasteiger partial charge in [0, 0.05) is 18.8 Å². The molecule has 1 N–H and O–H groups in total. The molecule has 0 aliphatic carbocycles. The van der Waals surface area contributed by atoms with Crippen LogP contribution in [-0.4, -0.2) is 40.5 Å². The number of nitrogens with zero attached hydrogens (tertiary/aromatic N) is 3. The molecule has 1 aromatic rings. The lowest BCUT2D eigenvalue weighted by Crippen LogP contribution is -2.35. The smallest absolute Gasteiger partial charge is 0.353 e. The van der Waals surface area contributed by atoms with Crippen molar-refractivity contribution in [3.8, 4) is 0 Å². The third-order valence-corrected chi connectivity index (χ3v) is 3.27. The van der Waals surface area contributed by atoms with E-state index in [1.165, 1.54) is 12.8 Å². The van der Waals surface area contributed by atoms with Gasteiger partial charge in [0.2, 0.25) is 5.95 Å². The molecule has 1 fully saturated rings. The highest BCUT2D eigenvalue weighted by molar-refractivity contribution is 5.26. The number of halogens is 3. The fraction of sp³-hybridized carbons (Fsp3) is 0.667. The molecule has 1 atom stereocenters. The summed E-state index contributed by atoms with van der Waals surface area (Å²) in [4.78, 5) is 9.59. The van der Waals surface area contributed by atoms with E-state index in [0.29, 0.717) is 6.54 Å². The van der Waals surface area contributed by atoms with Gasteiger partial charge in [0.1, 0.15) is 5.69 Å². The Morgan fingerprint density at radius 2 is 2.05 bits per heavy atom. The first-order chi connectivity index (χ1) is 8.97. The molecule has 7 heteroatoms. The maximum absolute atomic E-state index is 12.5. The molecule has 2 rings (SSSR count). The second-order valence-corrected chi connectivity index (χ2v) is 4.74. The summed E-state index contributed by atoms with van der Waals surface area (Å²) in [6.07, 6.45) is -0.937. The van der Waals surface area contributed by atoms with E-state index in [0.717, 1.165) is 25.4 Å². The molecule has 0 radical (unpaired) electrons. The van der Waals surface area contributed by atoms with Crippen LogP contribution in [0.4, 0.5) is 19.1 Å². The maximum atomic E-state index is 12.5. The quantitative estimate of drug-likeness (QED) is 0.915. The normalized spacial score (nSPS) is 18.5. The van der Waals surface area contributed by atoms with Crippen LogP contribution in [0.5, 0.6) is 0 Å². The van der Waals surface area contributed by atoms with Crippen molar-refractivity contribution in [1.82, 2.24) is 14.9 Å². The number of alkyl halides is 3. The summed E-state index contributed by atoms with van der Waals surface area (Å²) < 4.78 is 37.5. The zero-order valence-corrected chi connectivity index (χ0v) is 10.7. The summed E-state index contributed by atoms with van der Waals surface area (Å²) in [6, 6.07) is 1.13. The van der Waals surface area contributed by atoms with Crippen molar-refractivity contribution in [3.05, 3.63) is 18.0 Å². The summed E-state index contributed by atoms with van der Waals surface area (Å²) >= 11 is 0. The summed E-state index contributed by atoms with van der Waals surface area (Å²) in [6.45, 7) is 4.69. The van der Waals surface area contributed by atoms with E-state index >= 15 is 0 Å². The number of anilines is 1. The molecule has 0 bridgehead atoms. The topological polar surface area (TPSA) is 41.1 Å². The minimum absolute atomic E-state index is 0.0286. The van der Waals surface area contributed by atoms with Crippen LogP contribution < -0.4 is 5.32 Å². The highest BCUT2D eigenvalue weighted by atomic mass is 19.4. The number of hydrogen-bond acceptors (Lipinski definition) is 4. The van der Waals surface area contributed by atoms with Crippen molar-refractivity contribution in [2.24, 2.45) is 0 Å². The lowest BCUT2D eigenvalue weighted by atomic mass is 10.3. The number of hydrogen-bond donors (Lipinski definition) is 1. The Morgan fingerprint density at radius 1 is 1.37 bits per heavy atom. The molecule has 1 saturated heterocycles. The summed E-state index contributed by atoms with van der Waals surface area (Å²) in [5.41, 5.74) is -0.918. The first-order valence-electron chi connectivity index (χ1n) is 6.35. The molecule has 0 aromatic carbocycles. The molecule has 19 heavy (non-hydrogen) atoms. The molecule has 106 valence electrons. The van der Waals surface area contributed by atoms with Gasteiger partial charge < -0.3 is 5.32 Å². The average Bonchev–Trinajstić information content (AvgIpc) is 2.89. The van der Waals surface area contributed by atoms with Crippen molar-refractivity contribution in [1.29, 1.82) is 0 Å². The number of likely N-dealkylation sites (tertiary alicyclic amines) is 1. The standard InChI is InChI=1S/C12H17F3N4/c1-9(19-6-2-3-7-19)8-17-11-16-5-4-10(18-11)12(13,14)15/h4-5,9H,2-3,6-8H2,1H3,(H,16,17,18). The SMILES string of the molecule is CC(CNc1nccc(C(F)(F)F)n1)N1CCCC1. The number of aromatic nitrogens is 2. The van der Waals surface area contributed by atoms with Gasteiger partial charge in [-0.2, -0.15) is 13.2 Å². The van der Waals surface area contributed by atoms with Gasteiger partial charge in [0.25, 0.3) is 0 Å². The molecule has 0 spiro atoms. The van der Waals surface area contributed by atoms with Gasteiger partial charge in [0.05, 0.1) is 0 Å². The number of nitrogens with one attached hydrogen (secondary N) is 1. The summed E-state index contributed by atoms with van der Waals surface area (Å²) in [5, 5.41) is 2.87. The Morgan fingerprint density at radius 3 is 2.68 bits per heavy atom. The Bertz CT molecular complexity index is 416. The minimum atomic E-state index is -4.43. The zero-order chi connectivity index (χ0) is 13.9. The Kier molecular flexibility index (Phi) is 4.24. The fourth-order valence-corrected chi connectivity index (χ4v) is 2.15. The number of rotatable bonds is 4. The molecule has 1 aromatic heterocycles. The monoisotopic (exact) mass is 274 g/mol. The molecule has 1 unspecified atom stereocenters. The Balaban J connectivity index is 1.92. The highest BCUT2D eigenvalue weighted by Crippen LogP contribution is 2.27. The van der Waals surface area contributed by atoms with Crippen LogP contribution in [0.1, 0.15) is 25.5 Å². The maximum Gasteiger partial charge on any atom is 0.433 e. The molecule has 4 nitrogen and oxygen atoms in total.